The number of rotatable bonds is 6. The number of piperidine rings is 1. The van der Waals surface area contributed by atoms with E-state index in [9.17, 15) is 13.2 Å². The standard InChI is InChI=1S/C25H24ClNO4S/c1-32(29,30)25-5-3-2-4-23(25)22-11-6-18(17-28)16-24(22)27-14-12-21(13-15-27)31-20-9-7-19(26)8-10-20/h2-11,16-17,21H,12-15H2,1H3. The number of ether oxygens (including phenoxy) is 1. The van der Waals surface area contributed by atoms with Crippen LogP contribution in [0, 0.1) is 0 Å². The molecule has 166 valence electrons. The number of hydrogen-bond donors (Lipinski definition) is 0. The lowest BCUT2D eigenvalue weighted by Crippen LogP contribution is -2.38. The van der Waals surface area contributed by atoms with Gasteiger partial charge in [0.15, 0.2) is 9.84 Å². The monoisotopic (exact) mass is 469 g/mol. The Labute approximate surface area is 193 Å². The first kappa shape index (κ1) is 22.4. The van der Waals surface area contributed by atoms with Crippen LogP contribution in [0.2, 0.25) is 5.02 Å². The number of anilines is 1. The first-order valence-electron chi connectivity index (χ1n) is 10.4. The highest BCUT2D eigenvalue weighted by molar-refractivity contribution is 7.90. The zero-order valence-corrected chi connectivity index (χ0v) is 19.3. The Hall–Kier alpha value is -2.83. The molecule has 0 spiro atoms. The third-order valence-corrected chi connectivity index (χ3v) is 7.04. The lowest BCUT2D eigenvalue weighted by molar-refractivity contribution is 0.112. The maximum absolute atomic E-state index is 12.4. The van der Waals surface area contributed by atoms with E-state index in [0.717, 1.165) is 49.2 Å². The molecule has 7 heteroatoms. The Morgan fingerprint density at radius 2 is 1.66 bits per heavy atom. The highest BCUT2D eigenvalue weighted by atomic mass is 35.5. The average molecular weight is 470 g/mol. The fourth-order valence-corrected chi connectivity index (χ4v) is 5.07. The van der Waals surface area contributed by atoms with Gasteiger partial charge >= 0.3 is 0 Å². The van der Waals surface area contributed by atoms with Crippen molar-refractivity contribution in [2.24, 2.45) is 0 Å². The highest BCUT2D eigenvalue weighted by Crippen LogP contribution is 2.37. The van der Waals surface area contributed by atoms with Crippen LogP contribution in [0.5, 0.6) is 5.75 Å². The van der Waals surface area contributed by atoms with Gasteiger partial charge in [-0.15, -0.1) is 0 Å². The molecule has 0 N–H and O–H groups in total. The van der Waals surface area contributed by atoms with E-state index in [4.69, 9.17) is 16.3 Å². The quantitative estimate of drug-likeness (QED) is 0.460. The van der Waals surface area contributed by atoms with E-state index < -0.39 is 9.84 Å². The summed E-state index contributed by atoms with van der Waals surface area (Å²) in [6.07, 6.45) is 3.72. The van der Waals surface area contributed by atoms with E-state index in [0.29, 0.717) is 16.1 Å². The van der Waals surface area contributed by atoms with Crippen molar-refractivity contribution in [3.05, 3.63) is 77.3 Å². The Morgan fingerprint density at radius 1 is 0.969 bits per heavy atom. The number of hydrogen-bond acceptors (Lipinski definition) is 5. The molecule has 0 unspecified atom stereocenters. The molecule has 1 aliphatic rings. The van der Waals surface area contributed by atoms with Crippen molar-refractivity contribution in [3.63, 3.8) is 0 Å². The van der Waals surface area contributed by atoms with Crippen LogP contribution in [0.4, 0.5) is 5.69 Å². The number of halogens is 1. The summed E-state index contributed by atoms with van der Waals surface area (Å²) >= 11 is 5.95. The van der Waals surface area contributed by atoms with Gasteiger partial charge in [-0.1, -0.05) is 41.9 Å². The minimum Gasteiger partial charge on any atom is -0.490 e. The molecule has 0 amide bonds. The van der Waals surface area contributed by atoms with E-state index in [-0.39, 0.29) is 11.0 Å². The molecule has 3 aromatic rings. The fraction of sp³-hybridized carbons (Fsp3) is 0.240. The van der Waals surface area contributed by atoms with Crippen molar-refractivity contribution in [2.45, 2.75) is 23.8 Å². The van der Waals surface area contributed by atoms with Crippen LogP contribution < -0.4 is 9.64 Å². The van der Waals surface area contributed by atoms with Gasteiger partial charge in [-0.2, -0.15) is 0 Å². The first-order chi connectivity index (χ1) is 15.3. The second-order valence-electron chi connectivity index (χ2n) is 7.92. The molecule has 32 heavy (non-hydrogen) atoms. The first-order valence-corrected chi connectivity index (χ1v) is 12.7. The second kappa shape index (κ2) is 9.35. The van der Waals surface area contributed by atoms with E-state index >= 15 is 0 Å². The molecule has 5 nitrogen and oxygen atoms in total. The number of carbonyl (C=O) groups is 1. The van der Waals surface area contributed by atoms with Crippen molar-refractivity contribution >= 4 is 33.4 Å². The van der Waals surface area contributed by atoms with Crippen molar-refractivity contribution in [1.29, 1.82) is 0 Å². The lowest BCUT2D eigenvalue weighted by atomic mass is 9.98. The molecule has 0 radical (unpaired) electrons. The topological polar surface area (TPSA) is 63.7 Å². The van der Waals surface area contributed by atoms with E-state index in [1.54, 1.807) is 18.2 Å². The van der Waals surface area contributed by atoms with Gasteiger partial charge < -0.3 is 9.64 Å². The van der Waals surface area contributed by atoms with Crippen LogP contribution in [0.1, 0.15) is 23.2 Å². The number of sulfone groups is 1. The predicted octanol–water partition coefficient (Wildman–Crippen LogP) is 5.27. The van der Waals surface area contributed by atoms with Gasteiger partial charge in [0.25, 0.3) is 0 Å². The van der Waals surface area contributed by atoms with Gasteiger partial charge in [-0.3, -0.25) is 4.79 Å². The molecule has 0 saturated carbocycles. The highest BCUT2D eigenvalue weighted by Gasteiger charge is 2.24. The molecule has 0 aromatic heterocycles. The zero-order valence-electron chi connectivity index (χ0n) is 17.7. The summed E-state index contributed by atoms with van der Waals surface area (Å²) in [5.41, 5.74) is 2.85. The molecular weight excluding hydrogens is 446 g/mol. The second-order valence-corrected chi connectivity index (χ2v) is 10.3. The maximum atomic E-state index is 12.4. The molecule has 0 bridgehead atoms. The van der Waals surface area contributed by atoms with Crippen LogP contribution >= 0.6 is 11.6 Å². The predicted molar refractivity (Wildman–Crippen MR) is 128 cm³/mol. The van der Waals surface area contributed by atoms with E-state index in [2.05, 4.69) is 4.90 Å². The number of aldehydes is 1. The van der Waals surface area contributed by atoms with E-state index in [1.807, 2.05) is 48.5 Å². The largest absolute Gasteiger partial charge is 0.490 e. The molecular formula is C25H24ClNO4S. The van der Waals surface area contributed by atoms with E-state index in [1.165, 1.54) is 6.26 Å². The number of benzene rings is 3. The molecule has 1 aliphatic heterocycles. The Bertz CT molecular complexity index is 1220. The fourth-order valence-electron chi connectivity index (χ4n) is 4.04. The van der Waals surface area contributed by atoms with Crippen molar-refractivity contribution in [2.75, 3.05) is 24.2 Å². The Kier molecular flexibility index (Phi) is 6.53. The smallest absolute Gasteiger partial charge is 0.176 e. The van der Waals surface area contributed by atoms with Gasteiger partial charge in [0.2, 0.25) is 0 Å². The summed E-state index contributed by atoms with van der Waals surface area (Å²) in [7, 11) is -3.41. The van der Waals surface area contributed by atoms with Crippen LogP contribution in [0.25, 0.3) is 11.1 Å². The minimum absolute atomic E-state index is 0.0773. The average Bonchev–Trinajstić information content (AvgIpc) is 2.80. The lowest BCUT2D eigenvalue weighted by Gasteiger charge is -2.35. The molecule has 0 aliphatic carbocycles. The van der Waals surface area contributed by atoms with Crippen molar-refractivity contribution < 1.29 is 17.9 Å². The Morgan fingerprint density at radius 3 is 2.31 bits per heavy atom. The summed E-state index contributed by atoms with van der Waals surface area (Å²) < 4.78 is 30.9. The van der Waals surface area contributed by atoms with Gasteiger partial charge in [0.05, 0.1) is 4.90 Å². The van der Waals surface area contributed by atoms with Crippen LogP contribution in [0.3, 0.4) is 0 Å². The van der Waals surface area contributed by atoms with Gasteiger partial charge in [-0.25, -0.2) is 8.42 Å². The number of carbonyl (C=O) groups excluding carboxylic acids is 1. The molecule has 1 saturated heterocycles. The summed E-state index contributed by atoms with van der Waals surface area (Å²) in [6.45, 7) is 1.46. The SMILES string of the molecule is CS(=O)(=O)c1ccccc1-c1ccc(C=O)cc1N1CCC(Oc2ccc(Cl)cc2)CC1. The van der Waals surface area contributed by atoms with Crippen LogP contribution in [-0.4, -0.2) is 40.2 Å². The summed E-state index contributed by atoms with van der Waals surface area (Å²) in [5.74, 6) is 0.790. The maximum Gasteiger partial charge on any atom is 0.176 e. The third kappa shape index (κ3) is 4.97. The molecule has 0 atom stereocenters. The molecule has 1 fully saturated rings. The number of nitrogens with zero attached hydrogens (tertiary/aromatic N) is 1. The molecule has 4 rings (SSSR count). The van der Waals surface area contributed by atoms with Crippen molar-refractivity contribution in [3.8, 4) is 16.9 Å². The normalized spacial score (nSPS) is 14.9. The van der Waals surface area contributed by atoms with Crippen LogP contribution in [0.15, 0.2) is 71.6 Å². The minimum atomic E-state index is -3.41. The van der Waals surface area contributed by atoms with Crippen LogP contribution in [-0.2, 0) is 9.84 Å². The van der Waals surface area contributed by atoms with Gasteiger partial charge in [0, 0.05) is 59.6 Å². The molecule has 3 aromatic carbocycles. The summed E-state index contributed by atoms with van der Waals surface area (Å²) in [4.78, 5) is 13.9. The Balaban J connectivity index is 1.61. The van der Waals surface area contributed by atoms with Crippen molar-refractivity contribution in [1.82, 2.24) is 0 Å². The third-order valence-electron chi connectivity index (χ3n) is 5.63. The van der Waals surface area contributed by atoms with Gasteiger partial charge in [0.1, 0.15) is 18.1 Å². The van der Waals surface area contributed by atoms with Gasteiger partial charge in [-0.05, 0) is 36.4 Å². The molecule has 1 heterocycles. The zero-order chi connectivity index (χ0) is 22.7. The summed E-state index contributed by atoms with van der Waals surface area (Å²) in [5, 5.41) is 0.670. The summed E-state index contributed by atoms with van der Waals surface area (Å²) in [6, 6.07) is 19.7.